The lowest BCUT2D eigenvalue weighted by molar-refractivity contribution is 0.176. The lowest BCUT2D eigenvalue weighted by Crippen LogP contribution is -2.38. The Labute approximate surface area is 96.2 Å². The van der Waals surface area contributed by atoms with Gasteiger partial charge in [-0.2, -0.15) is 0 Å². The Morgan fingerprint density at radius 3 is 3.12 bits per heavy atom. The highest BCUT2D eigenvalue weighted by Gasteiger charge is 2.25. The average molecular weight is 224 g/mol. The summed E-state index contributed by atoms with van der Waals surface area (Å²) in [4.78, 5) is 0. The van der Waals surface area contributed by atoms with Crippen molar-refractivity contribution in [2.75, 3.05) is 19.8 Å². The summed E-state index contributed by atoms with van der Waals surface area (Å²) in [5.41, 5.74) is 1.06. The van der Waals surface area contributed by atoms with E-state index in [2.05, 4.69) is 22.6 Å². The van der Waals surface area contributed by atoms with Gasteiger partial charge in [0.1, 0.15) is 0 Å². The largest absolute Gasteiger partial charge is 0.381 e. The third-order valence-electron chi connectivity index (χ3n) is 3.08. The molecule has 1 aromatic rings. The lowest BCUT2D eigenvalue weighted by atomic mass is 9.95. The van der Waals surface area contributed by atoms with E-state index in [4.69, 9.17) is 4.74 Å². The van der Waals surface area contributed by atoms with E-state index in [-0.39, 0.29) is 0 Å². The van der Waals surface area contributed by atoms with Crippen LogP contribution in [-0.2, 0) is 18.2 Å². The fourth-order valence-corrected chi connectivity index (χ4v) is 2.25. The number of nitrogens with zero attached hydrogens (tertiary/aromatic N) is 3. The van der Waals surface area contributed by atoms with Crippen molar-refractivity contribution in [2.45, 2.75) is 25.8 Å². The molecule has 0 amide bonds. The molecular formula is C11H20N4O. The zero-order valence-electron chi connectivity index (χ0n) is 10.0. The quantitative estimate of drug-likeness (QED) is 0.785. The van der Waals surface area contributed by atoms with Crippen LogP contribution in [0.1, 0.15) is 19.0 Å². The van der Waals surface area contributed by atoms with E-state index in [1.54, 1.807) is 4.68 Å². The molecule has 0 aromatic carbocycles. The number of hydrogen-bond donors (Lipinski definition) is 1. The van der Waals surface area contributed by atoms with Gasteiger partial charge in [0, 0.05) is 38.2 Å². The lowest BCUT2D eigenvalue weighted by Gasteiger charge is -2.22. The highest BCUT2D eigenvalue weighted by atomic mass is 16.5. The van der Waals surface area contributed by atoms with Crippen molar-refractivity contribution >= 4 is 0 Å². The smallest absolute Gasteiger partial charge is 0.0842 e. The van der Waals surface area contributed by atoms with Gasteiger partial charge < -0.3 is 10.1 Å². The molecule has 90 valence electrons. The molecule has 1 fully saturated rings. The summed E-state index contributed by atoms with van der Waals surface area (Å²) in [6.45, 7) is 4.89. The molecule has 2 rings (SSSR count). The first-order chi connectivity index (χ1) is 7.79. The second kappa shape index (κ2) is 5.41. The fourth-order valence-electron chi connectivity index (χ4n) is 2.25. The van der Waals surface area contributed by atoms with Crippen LogP contribution in [0.3, 0.4) is 0 Å². The Hall–Kier alpha value is -0.940. The molecule has 1 aromatic heterocycles. The van der Waals surface area contributed by atoms with E-state index < -0.39 is 0 Å². The molecule has 2 unspecified atom stereocenters. The van der Waals surface area contributed by atoms with Crippen molar-refractivity contribution in [3.63, 3.8) is 0 Å². The minimum absolute atomic E-state index is 0.462. The Balaban J connectivity index is 1.96. The summed E-state index contributed by atoms with van der Waals surface area (Å²) < 4.78 is 7.20. The molecule has 0 aliphatic carbocycles. The number of hydrogen-bond acceptors (Lipinski definition) is 4. The molecule has 16 heavy (non-hydrogen) atoms. The molecule has 0 radical (unpaired) electrons. The number of rotatable bonds is 5. The maximum absolute atomic E-state index is 5.45. The van der Waals surface area contributed by atoms with E-state index in [0.717, 1.165) is 38.3 Å². The molecule has 2 heterocycles. The Morgan fingerprint density at radius 1 is 1.69 bits per heavy atom. The number of likely N-dealkylation sites (N-methyl/N-ethyl adjacent to an activating group) is 1. The summed E-state index contributed by atoms with van der Waals surface area (Å²) in [5.74, 6) is 0.613. The molecular weight excluding hydrogens is 204 g/mol. The van der Waals surface area contributed by atoms with E-state index in [1.165, 1.54) is 0 Å². The van der Waals surface area contributed by atoms with Gasteiger partial charge in [0.15, 0.2) is 0 Å². The summed E-state index contributed by atoms with van der Waals surface area (Å²) in [6, 6.07) is 0.462. The van der Waals surface area contributed by atoms with Crippen LogP contribution in [0.15, 0.2) is 6.20 Å². The van der Waals surface area contributed by atoms with E-state index in [9.17, 15) is 0 Å². The summed E-state index contributed by atoms with van der Waals surface area (Å²) in [5, 5.41) is 11.6. The Bertz CT molecular complexity index is 320. The molecule has 1 saturated heterocycles. The number of nitrogens with one attached hydrogen (secondary N) is 1. The highest BCUT2D eigenvalue weighted by molar-refractivity contribution is 4.97. The third kappa shape index (κ3) is 2.80. The van der Waals surface area contributed by atoms with Gasteiger partial charge >= 0.3 is 0 Å². The highest BCUT2D eigenvalue weighted by Crippen LogP contribution is 2.19. The van der Waals surface area contributed by atoms with Crippen LogP contribution in [0, 0.1) is 5.92 Å². The summed E-state index contributed by atoms with van der Waals surface area (Å²) in [6.07, 6.45) is 4.08. The van der Waals surface area contributed by atoms with Crippen LogP contribution in [0.5, 0.6) is 0 Å². The normalized spacial score (nSPS) is 22.5. The molecule has 5 nitrogen and oxygen atoms in total. The maximum atomic E-state index is 5.45. The SMILES string of the molecule is CCNC(Cc1cn(C)nn1)C1CCOC1. The number of aromatic nitrogens is 3. The predicted octanol–water partition coefficient (Wildman–Crippen LogP) is 0.372. The van der Waals surface area contributed by atoms with Crippen molar-refractivity contribution in [3.8, 4) is 0 Å². The van der Waals surface area contributed by atoms with Gasteiger partial charge in [0.2, 0.25) is 0 Å². The topological polar surface area (TPSA) is 52.0 Å². The molecule has 0 saturated carbocycles. The molecule has 1 N–H and O–H groups in total. The molecule has 2 atom stereocenters. The van der Waals surface area contributed by atoms with Gasteiger partial charge in [0.25, 0.3) is 0 Å². The van der Waals surface area contributed by atoms with Crippen molar-refractivity contribution in [1.29, 1.82) is 0 Å². The Morgan fingerprint density at radius 2 is 2.56 bits per heavy atom. The molecule has 5 heteroatoms. The second-order valence-electron chi connectivity index (χ2n) is 4.38. The van der Waals surface area contributed by atoms with Gasteiger partial charge in [-0.3, -0.25) is 4.68 Å². The molecule has 1 aliphatic rings. The van der Waals surface area contributed by atoms with E-state index >= 15 is 0 Å². The Kier molecular flexibility index (Phi) is 3.90. The van der Waals surface area contributed by atoms with Crippen molar-refractivity contribution in [2.24, 2.45) is 13.0 Å². The van der Waals surface area contributed by atoms with Crippen molar-refractivity contribution in [3.05, 3.63) is 11.9 Å². The van der Waals surface area contributed by atoms with Gasteiger partial charge in [-0.05, 0) is 13.0 Å². The van der Waals surface area contributed by atoms with Crippen LogP contribution in [0.25, 0.3) is 0 Å². The van der Waals surface area contributed by atoms with Crippen molar-refractivity contribution in [1.82, 2.24) is 20.3 Å². The fraction of sp³-hybridized carbons (Fsp3) is 0.818. The first-order valence-electron chi connectivity index (χ1n) is 5.96. The summed E-state index contributed by atoms with van der Waals surface area (Å²) >= 11 is 0. The van der Waals surface area contributed by atoms with Gasteiger partial charge in [-0.25, -0.2) is 0 Å². The zero-order chi connectivity index (χ0) is 11.4. The van der Waals surface area contributed by atoms with Crippen LogP contribution in [0.4, 0.5) is 0 Å². The van der Waals surface area contributed by atoms with E-state index in [0.29, 0.717) is 12.0 Å². The summed E-state index contributed by atoms with van der Waals surface area (Å²) in [7, 11) is 1.90. The van der Waals surface area contributed by atoms with Gasteiger partial charge in [-0.1, -0.05) is 12.1 Å². The molecule has 0 spiro atoms. The minimum atomic E-state index is 0.462. The van der Waals surface area contributed by atoms with Gasteiger partial charge in [-0.15, -0.1) is 5.10 Å². The third-order valence-corrected chi connectivity index (χ3v) is 3.08. The number of ether oxygens (including phenoxy) is 1. The first kappa shape index (κ1) is 11.5. The number of aryl methyl sites for hydroxylation is 1. The van der Waals surface area contributed by atoms with Gasteiger partial charge in [0.05, 0.1) is 12.3 Å². The predicted molar refractivity (Wildman–Crippen MR) is 61.1 cm³/mol. The zero-order valence-corrected chi connectivity index (χ0v) is 10.0. The van der Waals surface area contributed by atoms with E-state index in [1.807, 2.05) is 13.2 Å². The van der Waals surface area contributed by atoms with Crippen LogP contribution < -0.4 is 5.32 Å². The minimum Gasteiger partial charge on any atom is -0.381 e. The van der Waals surface area contributed by atoms with Crippen LogP contribution in [0.2, 0.25) is 0 Å². The average Bonchev–Trinajstić information content (AvgIpc) is 2.88. The van der Waals surface area contributed by atoms with Crippen LogP contribution in [-0.4, -0.2) is 40.8 Å². The standard InChI is InChI=1S/C11H20N4O/c1-3-12-11(9-4-5-16-8-9)6-10-7-15(2)14-13-10/h7,9,11-12H,3-6,8H2,1-2H3. The molecule has 1 aliphatic heterocycles. The monoisotopic (exact) mass is 224 g/mol. The van der Waals surface area contributed by atoms with Crippen molar-refractivity contribution < 1.29 is 4.74 Å². The second-order valence-corrected chi connectivity index (χ2v) is 4.38. The first-order valence-corrected chi connectivity index (χ1v) is 5.96. The van der Waals surface area contributed by atoms with Crippen LogP contribution >= 0.6 is 0 Å². The molecule has 0 bridgehead atoms. The maximum Gasteiger partial charge on any atom is 0.0842 e.